The maximum atomic E-state index is 12.6. The van der Waals surface area contributed by atoms with E-state index in [1.807, 2.05) is 13.8 Å². The van der Waals surface area contributed by atoms with Gasteiger partial charge in [-0.2, -0.15) is 0 Å². The van der Waals surface area contributed by atoms with Crippen LogP contribution in [0.2, 0.25) is 18.1 Å². The van der Waals surface area contributed by atoms with Gasteiger partial charge >= 0.3 is 5.69 Å². The quantitative estimate of drug-likeness (QED) is 0.359. The Morgan fingerprint density at radius 3 is 2.32 bits per heavy atom. The van der Waals surface area contributed by atoms with Crippen LogP contribution in [0.1, 0.15) is 47.3 Å². The second-order valence-electron chi connectivity index (χ2n) is 10.4. The van der Waals surface area contributed by atoms with Crippen molar-refractivity contribution in [3.8, 4) is 0 Å². The lowest BCUT2D eigenvalue weighted by molar-refractivity contribution is -0.0571. The van der Waals surface area contributed by atoms with Crippen LogP contribution in [0.4, 0.5) is 0 Å². The first kappa shape index (κ1) is 27.9. The minimum atomic E-state index is -2.48. The standard InChI is InChI=1S/C22H39N2O7PSSi/c1-9-28-32(33,29-10-2)15-13-14(15)17-18(31-34(7,8)22(3,4)5)19(27-6)20(30-17)24-12-11-16(25)23-21(24)26/h11-12,14-15,17-20H,9-10,13H2,1-8H3,(H,23,25,26)/t14?,15?,17-,18?,19+,20-/m1/s1. The van der Waals surface area contributed by atoms with Gasteiger partial charge in [-0.1, -0.05) is 20.8 Å². The largest absolute Gasteiger partial charge is 0.408 e. The van der Waals surface area contributed by atoms with Gasteiger partial charge < -0.3 is 22.9 Å². The molecule has 1 saturated heterocycles. The van der Waals surface area contributed by atoms with Crippen molar-refractivity contribution in [3.63, 3.8) is 0 Å². The van der Waals surface area contributed by atoms with E-state index >= 15 is 0 Å². The number of rotatable bonds is 10. The van der Waals surface area contributed by atoms with Crippen LogP contribution in [0, 0.1) is 5.92 Å². The number of methoxy groups -OCH3 is 1. The van der Waals surface area contributed by atoms with Gasteiger partial charge in [-0.3, -0.25) is 14.3 Å². The first-order valence-corrected chi connectivity index (χ1v) is 17.5. The molecule has 9 nitrogen and oxygen atoms in total. The fraction of sp³-hybridized carbons (Fsp3) is 0.818. The molecule has 0 bridgehead atoms. The van der Waals surface area contributed by atoms with Gasteiger partial charge in [-0.05, 0) is 50.2 Å². The Morgan fingerprint density at radius 1 is 1.21 bits per heavy atom. The number of aromatic amines is 1. The molecule has 1 aliphatic heterocycles. The topological polar surface area (TPSA) is 101 Å². The number of ether oxygens (including phenoxy) is 2. The molecule has 12 heteroatoms. The Hall–Kier alpha value is -0.653. The molecule has 1 aromatic heterocycles. The summed E-state index contributed by atoms with van der Waals surface area (Å²) in [6.45, 7) is 13.3. The molecule has 2 aliphatic rings. The molecule has 0 radical (unpaired) electrons. The average Bonchev–Trinajstić information content (AvgIpc) is 3.45. The zero-order chi connectivity index (χ0) is 25.5. The summed E-state index contributed by atoms with van der Waals surface area (Å²) in [5.74, 6) is 0.0693. The monoisotopic (exact) mass is 534 g/mol. The van der Waals surface area contributed by atoms with E-state index in [0.29, 0.717) is 13.2 Å². The third-order valence-corrected chi connectivity index (χ3v) is 15.7. The van der Waals surface area contributed by atoms with Crippen molar-refractivity contribution >= 4 is 26.6 Å². The molecule has 1 aliphatic carbocycles. The third kappa shape index (κ3) is 5.52. The van der Waals surface area contributed by atoms with Crippen LogP contribution in [0.5, 0.6) is 0 Å². The highest BCUT2D eigenvalue weighted by Crippen LogP contribution is 2.67. The molecule has 1 N–H and O–H groups in total. The molecule has 0 aromatic carbocycles. The van der Waals surface area contributed by atoms with Gasteiger partial charge in [0.15, 0.2) is 21.0 Å². The Morgan fingerprint density at radius 2 is 1.82 bits per heavy atom. The minimum absolute atomic E-state index is 0.0306. The van der Waals surface area contributed by atoms with E-state index in [-0.39, 0.29) is 22.7 Å². The smallest absolute Gasteiger partial charge is 0.330 e. The van der Waals surface area contributed by atoms with Gasteiger partial charge in [-0.15, -0.1) is 0 Å². The first-order valence-electron chi connectivity index (χ1n) is 11.9. The average molecular weight is 535 g/mol. The highest BCUT2D eigenvalue weighted by Gasteiger charge is 2.61. The second-order valence-corrected chi connectivity index (χ2v) is 18.9. The third-order valence-electron chi connectivity index (χ3n) is 7.11. The molecule has 1 aromatic rings. The number of hydrogen-bond acceptors (Lipinski definition) is 8. The van der Waals surface area contributed by atoms with Crippen molar-refractivity contribution in [1.82, 2.24) is 9.55 Å². The Kier molecular flexibility index (Phi) is 8.52. The zero-order valence-electron chi connectivity index (χ0n) is 21.4. The highest BCUT2D eigenvalue weighted by molar-refractivity contribution is 8.10. The van der Waals surface area contributed by atoms with Crippen LogP contribution >= 0.6 is 6.49 Å². The molecule has 0 spiro atoms. The molecule has 6 atom stereocenters. The van der Waals surface area contributed by atoms with E-state index in [9.17, 15) is 9.59 Å². The number of nitrogens with one attached hydrogen (secondary N) is 1. The van der Waals surface area contributed by atoms with Crippen LogP contribution in [-0.4, -0.2) is 62.2 Å². The highest BCUT2D eigenvalue weighted by atomic mass is 32.5. The summed E-state index contributed by atoms with van der Waals surface area (Å²) in [6, 6.07) is 1.30. The number of nitrogens with zero attached hydrogens (tertiary/aromatic N) is 1. The fourth-order valence-electron chi connectivity index (χ4n) is 4.27. The summed E-state index contributed by atoms with van der Waals surface area (Å²) in [7, 11) is -0.629. The maximum absolute atomic E-state index is 12.6. The van der Waals surface area contributed by atoms with E-state index in [1.165, 1.54) is 16.8 Å². The maximum Gasteiger partial charge on any atom is 0.330 e. The molecule has 0 amide bonds. The van der Waals surface area contributed by atoms with Gasteiger partial charge in [0.05, 0.1) is 19.3 Å². The molecule has 2 heterocycles. The minimum Gasteiger partial charge on any atom is -0.408 e. The molecule has 2 fully saturated rings. The van der Waals surface area contributed by atoms with E-state index in [0.717, 1.165) is 6.42 Å². The van der Waals surface area contributed by atoms with Crippen molar-refractivity contribution in [2.24, 2.45) is 5.92 Å². The molecular formula is C22H39N2O7PSSi. The van der Waals surface area contributed by atoms with Crippen molar-refractivity contribution < 1.29 is 22.9 Å². The summed E-state index contributed by atoms with van der Waals surface area (Å²) in [6.07, 6.45) is 0.211. The van der Waals surface area contributed by atoms with Crippen molar-refractivity contribution in [1.29, 1.82) is 0 Å². The predicted octanol–water partition coefficient (Wildman–Crippen LogP) is 3.61. The van der Waals surface area contributed by atoms with Crippen molar-refractivity contribution in [2.75, 3.05) is 20.3 Å². The lowest BCUT2D eigenvalue weighted by Crippen LogP contribution is -2.50. The van der Waals surface area contributed by atoms with Gasteiger partial charge in [0.2, 0.25) is 0 Å². The SMILES string of the molecule is CCOP(=S)(OCC)C1CC1[C@H]1O[C@@H](n2ccc(=O)[nH]c2=O)[C@@H](OC)C1O[Si](C)(C)C(C)(C)C. The molecule has 3 unspecified atom stereocenters. The van der Waals surface area contributed by atoms with Crippen molar-refractivity contribution in [2.45, 2.75) is 89.4 Å². The molecule has 1 saturated carbocycles. The Labute approximate surface area is 207 Å². The molecule has 194 valence electrons. The predicted molar refractivity (Wildman–Crippen MR) is 138 cm³/mol. The van der Waals surface area contributed by atoms with Crippen LogP contribution in [0.15, 0.2) is 21.9 Å². The molecule has 34 heavy (non-hydrogen) atoms. The Balaban J connectivity index is 1.99. The van der Waals surface area contributed by atoms with Crippen LogP contribution in [0.3, 0.4) is 0 Å². The van der Waals surface area contributed by atoms with E-state index in [1.54, 1.807) is 7.11 Å². The number of H-pyrrole nitrogens is 1. The summed E-state index contributed by atoms with van der Waals surface area (Å²) in [5.41, 5.74) is -0.955. The van der Waals surface area contributed by atoms with Crippen LogP contribution in [-0.2, 0) is 34.8 Å². The van der Waals surface area contributed by atoms with E-state index in [4.69, 9.17) is 34.8 Å². The van der Waals surface area contributed by atoms with Crippen LogP contribution in [0.25, 0.3) is 0 Å². The van der Waals surface area contributed by atoms with Crippen LogP contribution < -0.4 is 11.2 Å². The number of hydrogen-bond donors (Lipinski definition) is 1. The fourth-order valence-corrected chi connectivity index (χ4v) is 9.25. The summed E-state index contributed by atoms with van der Waals surface area (Å²) in [4.78, 5) is 26.6. The van der Waals surface area contributed by atoms with Crippen molar-refractivity contribution in [3.05, 3.63) is 33.1 Å². The number of aromatic nitrogens is 2. The van der Waals surface area contributed by atoms with E-state index in [2.05, 4.69) is 38.8 Å². The lowest BCUT2D eigenvalue weighted by Gasteiger charge is -2.40. The first-order chi connectivity index (χ1) is 15.8. The summed E-state index contributed by atoms with van der Waals surface area (Å²) in [5, 5.41) is -0.0306. The van der Waals surface area contributed by atoms with Gasteiger partial charge in [0.25, 0.3) is 5.56 Å². The van der Waals surface area contributed by atoms with Gasteiger partial charge in [-0.25, -0.2) is 4.79 Å². The summed E-state index contributed by atoms with van der Waals surface area (Å²) >= 11 is 5.88. The van der Waals surface area contributed by atoms with Gasteiger partial charge in [0, 0.05) is 30.9 Å². The lowest BCUT2D eigenvalue weighted by atomic mass is 10.1. The summed E-state index contributed by atoms with van der Waals surface area (Å²) < 4.78 is 32.6. The second kappa shape index (κ2) is 10.4. The molecule has 3 rings (SSSR count). The zero-order valence-corrected chi connectivity index (χ0v) is 24.1. The Bertz CT molecular complexity index is 1010. The van der Waals surface area contributed by atoms with E-state index < -0.39 is 44.5 Å². The molecular weight excluding hydrogens is 495 g/mol. The normalized spacial score (nSPS) is 30.0. The van der Waals surface area contributed by atoms with Gasteiger partial charge in [0.1, 0.15) is 12.2 Å².